The van der Waals surface area contributed by atoms with Crippen molar-refractivity contribution < 1.29 is 55.6 Å². The molecule has 0 bridgehead atoms. The maximum Gasteiger partial charge on any atom is 0.443 e. The zero-order chi connectivity index (χ0) is 37.1. The number of halogens is 2. The van der Waals surface area contributed by atoms with Gasteiger partial charge in [-0.2, -0.15) is 4.98 Å². The molecule has 2 heterocycles. The van der Waals surface area contributed by atoms with Crippen molar-refractivity contribution in [1.82, 2.24) is 14.9 Å². The standard InChI is InChI=1S/C33H33ClFN5O11S/c1-45-23-8-10-25(34)27(18-23)51-30-31(36-21-37-32(30)48-16-17-49-33(42)40(35)22-6-4-3-5-7-22)38-52(43,44)24-9-11-26(46-2)28(19-24)50-20-29(41)39-12-14-47-15-13-39/h3-11,18-19,21H,12-17,20H2,1-2H3,(H,36,37,38). The number of aromatic nitrogens is 2. The number of benzene rings is 3. The van der Waals surface area contributed by atoms with Crippen LogP contribution in [0, 0.1) is 0 Å². The van der Waals surface area contributed by atoms with Gasteiger partial charge in [-0.05, 0) is 36.4 Å². The highest BCUT2D eigenvalue weighted by atomic mass is 35.5. The van der Waals surface area contributed by atoms with Gasteiger partial charge in [0.1, 0.15) is 31.0 Å². The lowest BCUT2D eigenvalue weighted by atomic mass is 10.3. The zero-order valence-corrected chi connectivity index (χ0v) is 29.4. The van der Waals surface area contributed by atoms with Crippen LogP contribution in [0.2, 0.25) is 5.02 Å². The molecule has 0 saturated carbocycles. The predicted molar refractivity (Wildman–Crippen MR) is 184 cm³/mol. The van der Waals surface area contributed by atoms with Crippen molar-refractivity contribution in [2.45, 2.75) is 4.90 Å². The Kier molecular flexibility index (Phi) is 12.7. The number of amides is 2. The van der Waals surface area contributed by atoms with Gasteiger partial charge in [0.05, 0.1) is 43.0 Å². The Morgan fingerprint density at radius 1 is 0.942 bits per heavy atom. The third kappa shape index (κ3) is 9.59. The fourth-order valence-corrected chi connectivity index (χ4v) is 5.76. The van der Waals surface area contributed by atoms with Crippen LogP contribution in [0.1, 0.15) is 0 Å². The van der Waals surface area contributed by atoms with Crippen LogP contribution in [-0.4, -0.2) is 95.6 Å². The minimum absolute atomic E-state index is 0.00742. The summed E-state index contributed by atoms with van der Waals surface area (Å²) < 4.78 is 82.4. The van der Waals surface area contributed by atoms with Crippen LogP contribution in [0.4, 0.5) is 20.8 Å². The van der Waals surface area contributed by atoms with Gasteiger partial charge in [0.25, 0.3) is 21.8 Å². The van der Waals surface area contributed by atoms with Crippen molar-refractivity contribution in [2.24, 2.45) is 0 Å². The second kappa shape index (κ2) is 17.6. The highest BCUT2D eigenvalue weighted by molar-refractivity contribution is 7.92. The van der Waals surface area contributed by atoms with Gasteiger partial charge in [-0.15, -0.1) is 5.12 Å². The van der Waals surface area contributed by atoms with Gasteiger partial charge >= 0.3 is 6.09 Å². The van der Waals surface area contributed by atoms with Crippen molar-refractivity contribution in [3.8, 4) is 34.6 Å². The highest BCUT2D eigenvalue weighted by Gasteiger charge is 2.26. The number of nitrogens with one attached hydrogen (secondary N) is 1. The Morgan fingerprint density at radius 3 is 2.44 bits per heavy atom. The van der Waals surface area contributed by atoms with Gasteiger partial charge in [0.15, 0.2) is 23.9 Å². The summed E-state index contributed by atoms with van der Waals surface area (Å²) in [6.07, 6.45) is -0.295. The van der Waals surface area contributed by atoms with Gasteiger partial charge in [-0.3, -0.25) is 9.52 Å². The van der Waals surface area contributed by atoms with E-state index in [1.165, 1.54) is 56.7 Å². The molecule has 4 aromatic rings. The number of para-hydroxylation sites is 1. The molecule has 16 nitrogen and oxygen atoms in total. The van der Waals surface area contributed by atoms with Gasteiger partial charge in [-0.25, -0.2) is 18.2 Å². The van der Waals surface area contributed by atoms with Crippen molar-refractivity contribution in [3.05, 3.63) is 78.1 Å². The number of hydrogen-bond donors (Lipinski definition) is 1. The normalized spacial score (nSPS) is 12.7. The van der Waals surface area contributed by atoms with Crippen LogP contribution in [-0.2, 0) is 24.3 Å². The predicted octanol–water partition coefficient (Wildman–Crippen LogP) is 4.88. The first-order chi connectivity index (χ1) is 25.1. The molecule has 0 atom stereocenters. The van der Waals surface area contributed by atoms with E-state index in [2.05, 4.69) is 14.7 Å². The number of anilines is 2. The van der Waals surface area contributed by atoms with E-state index < -0.39 is 22.7 Å². The number of rotatable bonds is 15. The lowest BCUT2D eigenvalue weighted by molar-refractivity contribution is -0.137. The van der Waals surface area contributed by atoms with Gasteiger partial charge in [0, 0.05) is 25.2 Å². The zero-order valence-electron chi connectivity index (χ0n) is 27.8. The van der Waals surface area contributed by atoms with Crippen molar-refractivity contribution >= 4 is 45.1 Å². The molecule has 3 aromatic carbocycles. The van der Waals surface area contributed by atoms with E-state index in [4.69, 9.17) is 44.8 Å². The molecule has 1 saturated heterocycles. The molecule has 1 N–H and O–H groups in total. The fraction of sp³-hybridized carbons (Fsp3) is 0.273. The molecule has 1 fully saturated rings. The average Bonchev–Trinajstić information content (AvgIpc) is 3.17. The summed E-state index contributed by atoms with van der Waals surface area (Å²) in [7, 11) is -1.65. The monoisotopic (exact) mass is 761 g/mol. The molecule has 0 radical (unpaired) electrons. The van der Waals surface area contributed by atoms with Crippen molar-refractivity contribution in [2.75, 3.05) is 70.2 Å². The largest absolute Gasteiger partial charge is 0.497 e. The van der Waals surface area contributed by atoms with Crippen LogP contribution < -0.4 is 33.5 Å². The fourth-order valence-electron chi connectivity index (χ4n) is 4.58. The van der Waals surface area contributed by atoms with Crippen LogP contribution in [0.3, 0.4) is 0 Å². The molecule has 0 aliphatic carbocycles. The van der Waals surface area contributed by atoms with Crippen molar-refractivity contribution in [1.29, 1.82) is 0 Å². The van der Waals surface area contributed by atoms with Crippen LogP contribution in [0.5, 0.6) is 34.6 Å². The van der Waals surface area contributed by atoms with Gasteiger partial charge < -0.3 is 38.1 Å². The molecule has 2 amide bonds. The maximum absolute atomic E-state index is 14.4. The molecular weight excluding hydrogens is 729 g/mol. The quantitative estimate of drug-likeness (QED) is 0.128. The van der Waals surface area contributed by atoms with Gasteiger partial charge in [0.2, 0.25) is 5.75 Å². The van der Waals surface area contributed by atoms with E-state index in [-0.39, 0.29) is 74.5 Å². The van der Waals surface area contributed by atoms with E-state index in [9.17, 15) is 22.5 Å². The molecular formula is C33H33ClFN5O11S. The molecule has 1 aliphatic heterocycles. The number of carbonyl (C=O) groups excluding carboxylic acids is 2. The molecule has 5 rings (SSSR count). The number of methoxy groups -OCH3 is 2. The summed E-state index contributed by atoms with van der Waals surface area (Å²) in [6.45, 7) is 0.457. The smallest absolute Gasteiger partial charge is 0.443 e. The second-order valence-electron chi connectivity index (χ2n) is 10.5. The lowest BCUT2D eigenvalue weighted by Gasteiger charge is -2.26. The summed E-state index contributed by atoms with van der Waals surface area (Å²) in [5.74, 6) is -0.742. The Hall–Kier alpha value is -5.59. The summed E-state index contributed by atoms with van der Waals surface area (Å²) in [5.41, 5.74) is -0.0379. The van der Waals surface area contributed by atoms with E-state index >= 15 is 0 Å². The van der Waals surface area contributed by atoms with E-state index in [1.807, 2.05) is 0 Å². The Balaban J connectivity index is 1.36. The molecule has 52 heavy (non-hydrogen) atoms. The summed E-state index contributed by atoms with van der Waals surface area (Å²) in [6, 6.07) is 15.8. The minimum atomic E-state index is -4.44. The average molecular weight is 762 g/mol. The topological polar surface area (TPSA) is 177 Å². The summed E-state index contributed by atoms with van der Waals surface area (Å²) in [5, 5.41) is -0.0556. The maximum atomic E-state index is 14.4. The number of hydrogen-bond acceptors (Lipinski definition) is 13. The third-order valence-electron chi connectivity index (χ3n) is 7.20. The van der Waals surface area contributed by atoms with Crippen molar-refractivity contribution in [3.63, 3.8) is 0 Å². The summed E-state index contributed by atoms with van der Waals surface area (Å²) >= 11 is 6.37. The molecule has 1 aromatic heterocycles. The number of sulfonamides is 1. The first kappa shape index (κ1) is 37.7. The third-order valence-corrected chi connectivity index (χ3v) is 8.85. The molecule has 0 unspecified atom stereocenters. The number of carbonyl (C=O) groups is 2. The Labute approximate surface area is 302 Å². The number of morpholine rings is 1. The first-order valence-electron chi connectivity index (χ1n) is 15.5. The Morgan fingerprint density at radius 2 is 1.71 bits per heavy atom. The number of ether oxygens (including phenoxy) is 7. The molecule has 19 heteroatoms. The number of nitrogens with zero attached hydrogens (tertiary/aromatic N) is 4. The lowest BCUT2D eigenvalue weighted by Crippen LogP contribution is -2.43. The second-order valence-corrected chi connectivity index (χ2v) is 12.6. The molecule has 0 spiro atoms. The van der Waals surface area contributed by atoms with E-state index in [0.717, 1.165) is 6.33 Å². The van der Waals surface area contributed by atoms with Gasteiger partial charge in [-0.1, -0.05) is 34.3 Å². The van der Waals surface area contributed by atoms with Crippen LogP contribution >= 0.6 is 11.6 Å². The first-order valence-corrected chi connectivity index (χ1v) is 17.3. The highest BCUT2D eigenvalue weighted by Crippen LogP contribution is 2.41. The van der Waals surface area contributed by atoms with E-state index in [1.54, 1.807) is 29.2 Å². The molecule has 1 aliphatic rings. The minimum Gasteiger partial charge on any atom is -0.497 e. The molecule has 276 valence electrons. The summed E-state index contributed by atoms with van der Waals surface area (Å²) in [4.78, 5) is 34.3. The van der Waals surface area contributed by atoms with Crippen LogP contribution in [0.15, 0.2) is 78.0 Å². The van der Waals surface area contributed by atoms with Crippen LogP contribution in [0.25, 0.3) is 0 Å². The van der Waals surface area contributed by atoms with E-state index in [0.29, 0.717) is 32.1 Å². The SMILES string of the molecule is COc1ccc(Cl)c(Oc2c(NS(=O)(=O)c3ccc(OC)c(OCC(=O)N4CCOCC4)c3)ncnc2OCCOC(=O)N(F)c2ccccc2)c1. The Bertz CT molecular complexity index is 1970.